The van der Waals surface area contributed by atoms with E-state index in [9.17, 15) is 18.8 Å². The number of carbonyl (C=O) groups is 3. The van der Waals surface area contributed by atoms with E-state index in [4.69, 9.17) is 4.74 Å². The second kappa shape index (κ2) is 10.9. The fraction of sp³-hybridized carbons (Fsp3) is 0.261. The first-order valence-corrected chi connectivity index (χ1v) is 9.68. The molecule has 0 atom stereocenters. The number of carbonyl (C=O) groups excluding carboxylic acids is 3. The van der Waals surface area contributed by atoms with Crippen LogP contribution in [0.25, 0.3) is 6.08 Å². The molecule has 2 aromatic carbocycles. The van der Waals surface area contributed by atoms with Gasteiger partial charge in [0.1, 0.15) is 18.0 Å². The van der Waals surface area contributed by atoms with Crippen molar-refractivity contribution >= 4 is 29.7 Å². The zero-order valence-corrected chi connectivity index (χ0v) is 17.7. The van der Waals surface area contributed by atoms with E-state index >= 15 is 0 Å². The Bertz CT molecular complexity index is 967. The van der Waals surface area contributed by atoms with Crippen LogP contribution in [-0.4, -0.2) is 30.1 Å². The molecule has 0 fully saturated rings. The first-order valence-electron chi connectivity index (χ1n) is 9.68. The lowest BCUT2D eigenvalue weighted by molar-refractivity contribution is -0.120. The summed E-state index contributed by atoms with van der Waals surface area (Å²) in [6.07, 6.45) is 2.16. The molecule has 0 saturated heterocycles. The number of anilines is 1. The number of rotatable bonds is 7. The normalized spacial score (nSPS) is 11.1. The Kier molecular flexibility index (Phi) is 8.31. The molecule has 0 aromatic heterocycles. The molecule has 164 valence electrons. The van der Waals surface area contributed by atoms with E-state index < -0.39 is 11.7 Å². The van der Waals surface area contributed by atoms with Gasteiger partial charge in [0.05, 0.1) is 0 Å². The van der Waals surface area contributed by atoms with Crippen LogP contribution >= 0.6 is 0 Å². The van der Waals surface area contributed by atoms with Crippen molar-refractivity contribution in [2.75, 3.05) is 11.9 Å². The third-order valence-electron chi connectivity index (χ3n) is 3.75. The van der Waals surface area contributed by atoms with Crippen LogP contribution < -0.4 is 16.0 Å². The van der Waals surface area contributed by atoms with E-state index in [0.29, 0.717) is 11.3 Å². The number of hydrogen-bond donors (Lipinski definition) is 3. The highest BCUT2D eigenvalue weighted by molar-refractivity contribution is 6.01. The van der Waals surface area contributed by atoms with Crippen molar-refractivity contribution in [2.24, 2.45) is 0 Å². The molecule has 0 aliphatic heterocycles. The van der Waals surface area contributed by atoms with Crippen LogP contribution in [0.4, 0.5) is 14.9 Å². The fourth-order valence-corrected chi connectivity index (χ4v) is 2.45. The van der Waals surface area contributed by atoms with Crippen LogP contribution in [0.3, 0.4) is 0 Å². The highest BCUT2D eigenvalue weighted by Gasteiger charge is 2.16. The summed E-state index contributed by atoms with van der Waals surface area (Å²) >= 11 is 0. The highest BCUT2D eigenvalue weighted by Crippen LogP contribution is 2.11. The molecule has 31 heavy (non-hydrogen) atoms. The number of nitrogens with one attached hydrogen (secondary N) is 3. The number of halogens is 1. The Hall–Kier alpha value is -3.68. The lowest BCUT2D eigenvalue weighted by Gasteiger charge is -2.19. The van der Waals surface area contributed by atoms with Crippen molar-refractivity contribution in [1.29, 1.82) is 0 Å². The van der Waals surface area contributed by atoms with Gasteiger partial charge >= 0.3 is 6.09 Å². The molecule has 7 nitrogen and oxygen atoms in total. The van der Waals surface area contributed by atoms with Gasteiger partial charge in [-0.15, -0.1) is 0 Å². The van der Waals surface area contributed by atoms with E-state index in [1.165, 1.54) is 24.3 Å². The Morgan fingerprint density at radius 2 is 1.77 bits per heavy atom. The molecule has 3 amide bonds. The predicted octanol–water partition coefficient (Wildman–Crippen LogP) is 3.62. The molecule has 0 saturated carbocycles. The summed E-state index contributed by atoms with van der Waals surface area (Å²) in [5.74, 6) is -1.12. The van der Waals surface area contributed by atoms with Gasteiger partial charge in [-0.25, -0.2) is 9.18 Å². The van der Waals surface area contributed by atoms with Gasteiger partial charge in [0.2, 0.25) is 11.8 Å². The third kappa shape index (κ3) is 9.58. The molecule has 0 bridgehead atoms. The number of benzene rings is 2. The second-order valence-corrected chi connectivity index (χ2v) is 7.71. The number of alkyl carbamates (subject to hydrolysis) is 1. The molecule has 0 heterocycles. The predicted molar refractivity (Wildman–Crippen MR) is 117 cm³/mol. The van der Waals surface area contributed by atoms with E-state index in [1.54, 1.807) is 57.2 Å². The molecule has 0 radical (unpaired) electrons. The van der Waals surface area contributed by atoms with Gasteiger partial charge in [-0.1, -0.05) is 24.3 Å². The van der Waals surface area contributed by atoms with E-state index in [0.717, 1.165) is 5.56 Å². The summed E-state index contributed by atoms with van der Waals surface area (Å²) in [6, 6.07) is 12.9. The van der Waals surface area contributed by atoms with Crippen LogP contribution in [0.15, 0.2) is 54.6 Å². The Balaban J connectivity index is 1.81. The average molecular weight is 427 g/mol. The van der Waals surface area contributed by atoms with Crippen molar-refractivity contribution in [3.8, 4) is 0 Å². The molecule has 0 aliphatic carbocycles. The van der Waals surface area contributed by atoms with Crippen LogP contribution in [0.5, 0.6) is 0 Å². The van der Waals surface area contributed by atoms with Gasteiger partial charge in [0, 0.05) is 18.3 Å². The molecule has 8 heteroatoms. The molecule has 2 aromatic rings. The SMILES string of the molecule is CC(C)(C)OC(=O)NCC(=O)NCc1cccc(NC(=O)/C=C/c2cccc(F)c2)c1. The van der Waals surface area contributed by atoms with Crippen LogP contribution in [0.2, 0.25) is 0 Å². The van der Waals surface area contributed by atoms with Crippen LogP contribution in [0.1, 0.15) is 31.9 Å². The van der Waals surface area contributed by atoms with Gasteiger partial charge in [-0.05, 0) is 62.2 Å². The van der Waals surface area contributed by atoms with Gasteiger partial charge < -0.3 is 20.7 Å². The fourth-order valence-electron chi connectivity index (χ4n) is 2.45. The average Bonchev–Trinajstić information content (AvgIpc) is 2.68. The quantitative estimate of drug-likeness (QED) is 0.588. The first-order chi connectivity index (χ1) is 14.6. The summed E-state index contributed by atoms with van der Waals surface area (Å²) in [6.45, 7) is 5.20. The van der Waals surface area contributed by atoms with E-state index in [2.05, 4.69) is 16.0 Å². The lowest BCUT2D eigenvalue weighted by atomic mass is 10.2. The minimum atomic E-state index is -0.668. The number of ether oxygens (including phenoxy) is 1. The van der Waals surface area contributed by atoms with Crippen molar-refractivity contribution in [1.82, 2.24) is 10.6 Å². The minimum Gasteiger partial charge on any atom is -0.444 e. The summed E-state index contributed by atoms with van der Waals surface area (Å²) < 4.78 is 18.2. The van der Waals surface area contributed by atoms with Crippen molar-refractivity contribution in [3.63, 3.8) is 0 Å². The van der Waals surface area contributed by atoms with Gasteiger partial charge in [-0.2, -0.15) is 0 Å². The topological polar surface area (TPSA) is 96.5 Å². The van der Waals surface area contributed by atoms with Crippen LogP contribution in [-0.2, 0) is 20.9 Å². The lowest BCUT2D eigenvalue weighted by Crippen LogP contribution is -2.39. The monoisotopic (exact) mass is 427 g/mol. The Morgan fingerprint density at radius 1 is 1.03 bits per heavy atom. The standard InChI is InChI=1S/C23H26FN3O4/c1-23(2,3)31-22(30)26-15-21(29)25-14-17-7-5-9-19(13-17)27-20(28)11-10-16-6-4-8-18(24)12-16/h4-13H,14-15H2,1-3H3,(H,25,29)(H,26,30)(H,27,28)/b11-10+. The van der Waals surface area contributed by atoms with Gasteiger partial charge in [0.25, 0.3) is 0 Å². The molecule has 0 unspecified atom stereocenters. The largest absolute Gasteiger partial charge is 0.444 e. The smallest absolute Gasteiger partial charge is 0.408 e. The van der Waals surface area contributed by atoms with Crippen molar-refractivity contribution in [2.45, 2.75) is 32.9 Å². The van der Waals surface area contributed by atoms with E-state index in [-0.39, 0.29) is 30.7 Å². The van der Waals surface area contributed by atoms with Gasteiger partial charge in [0.15, 0.2) is 0 Å². The maximum Gasteiger partial charge on any atom is 0.408 e. The molecule has 2 rings (SSSR count). The first kappa shape index (κ1) is 23.6. The Morgan fingerprint density at radius 3 is 2.48 bits per heavy atom. The minimum absolute atomic E-state index is 0.212. The summed E-state index contributed by atoms with van der Waals surface area (Å²) in [7, 11) is 0. The molecule has 0 aliphatic rings. The third-order valence-corrected chi connectivity index (χ3v) is 3.75. The van der Waals surface area contributed by atoms with E-state index in [1.807, 2.05) is 0 Å². The molecule has 3 N–H and O–H groups in total. The summed E-state index contributed by atoms with van der Waals surface area (Å²) in [5, 5.41) is 7.77. The Labute approximate surface area is 180 Å². The second-order valence-electron chi connectivity index (χ2n) is 7.71. The highest BCUT2D eigenvalue weighted by atomic mass is 19.1. The molecular weight excluding hydrogens is 401 g/mol. The number of hydrogen-bond acceptors (Lipinski definition) is 4. The van der Waals surface area contributed by atoms with Crippen molar-refractivity contribution < 1.29 is 23.5 Å². The maximum atomic E-state index is 13.2. The zero-order chi connectivity index (χ0) is 22.9. The molecular formula is C23H26FN3O4. The zero-order valence-electron chi connectivity index (χ0n) is 17.7. The number of amides is 3. The maximum absolute atomic E-state index is 13.2. The molecule has 0 spiro atoms. The summed E-state index contributed by atoms with van der Waals surface area (Å²) in [4.78, 5) is 35.6. The van der Waals surface area contributed by atoms with Crippen molar-refractivity contribution in [3.05, 3.63) is 71.6 Å². The summed E-state index contributed by atoms with van der Waals surface area (Å²) in [5.41, 5.74) is 1.24. The van der Waals surface area contributed by atoms with Gasteiger partial charge in [-0.3, -0.25) is 9.59 Å². The van der Waals surface area contributed by atoms with Crippen LogP contribution in [0, 0.1) is 5.82 Å².